The third-order valence-electron chi connectivity index (χ3n) is 4.09. The molecule has 2 aromatic carbocycles. The van der Waals surface area contributed by atoms with Crippen molar-refractivity contribution in [3.63, 3.8) is 0 Å². The topological polar surface area (TPSA) is 55.0 Å². The highest BCUT2D eigenvalue weighted by Crippen LogP contribution is 2.29. The van der Waals surface area contributed by atoms with E-state index in [0.29, 0.717) is 0 Å². The van der Waals surface area contributed by atoms with E-state index in [1.165, 1.54) is 11.1 Å². The van der Waals surface area contributed by atoms with Crippen LogP contribution in [0.2, 0.25) is 0 Å². The number of fused-ring (bicyclic) bond motifs is 2. The number of rotatable bonds is 1. The van der Waals surface area contributed by atoms with E-state index in [-0.39, 0.29) is 0 Å². The molecule has 0 amide bonds. The molecule has 0 unspecified atom stereocenters. The lowest BCUT2D eigenvalue weighted by Crippen LogP contribution is -2.31. The monoisotopic (exact) mass is 276 g/mol. The predicted molar refractivity (Wildman–Crippen MR) is 85.1 cm³/mol. The minimum atomic E-state index is 0.819. The van der Waals surface area contributed by atoms with Gasteiger partial charge in [0.1, 0.15) is 0 Å². The lowest BCUT2D eigenvalue weighted by molar-refractivity contribution is 0.717. The molecular weight excluding hydrogens is 260 g/mol. The minimum absolute atomic E-state index is 0.819. The number of hydrogen-bond donors (Lipinski definition) is 1. The summed E-state index contributed by atoms with van der Waals surface area (Å²) in [6.07, 6.45) is 2.83. The van der Waals surface area contributed by atoms with Gasteiger partial charge in [-0.2, -0.15) is 5.10 Å². The van der Waals surface area contributed by atoms with Crippen LogP contribution >= 0.6 is 0 Å². The first-order valence-electron chi connectivity index (χ1n) is 7.14. The molecule has 21 heavy (non-hydrogen) atoms. The first kappa shape index (κ1) is 12.1. The fraction of sp³-hybridized carbons (Fsp3) is 0.176. The summed E-state index contributed by atoms with van der Waals surface area (Å²) in [6.45, 7) is 1.79. The summed E-state index contributed by atoms with van der Waals surface area (Å²) >= 11 is 0. The van der Waals surface area contributed by atoms with Gasteiger partial charge in [-0.15, -0.1) is 5.10 Å². The van der Waals surface area contributed by atoms with Crippen molar-refractivity contribution in [2.75, 3.05) is 17.2 Å². The average Bonchev–Trinajstić information content (AvgIpc) is 2.53. The van der Waals surface area contributed by atoms with E-state index < -0.39 is 0 Å². The Kier molecular flexibility index (Phi) is 2.74. The van der Waals surface area contributed by atoms with Crippen molar-refractivity contribution < 1.29 is 0 Å². The molecule has 3 aromatic rings. The van der Waals surface area contributed by atoms with Crippen molar-refractivity contribution in [3.05, 3.63) is 59.8 Å². The van der Waals surface area contributed by atoms with Gasteiger partial charge < -0.3 is 10.6 Å². The highest BCUT2D eigenvalue weighted by molar-refractivity contribution is 5.91. The van der Waals surface area contributed by atoms with Gasteiger partial charge >= 0.3 is 0 Å². The van der Waals surface area contributed by atoms with Crippen molar-refractivity contribution >= 4 is 22.3 Å². The quantitative estimate of drug-likeness (QED) is 0.694. The third-order valence-corrected chi connectivity index (χ3v) is 4.09. The molecule has 2 heterocycles. The molecular formula is C17H16N4. The molecule has 4 nitrogen and oxygen atoms in total. The van der Waals surface area contributed by atoms with E-state index in [0.717, 1.165) is 41.8 Å². The maximum Gasteiger partial charge on any atom is 0.159 e. The van der Waals surface area contributed by atoms with Gasteiger partial charge in [0.2, 0.25) is 0 Å². The van der Waals surface area contributed by atoms with Crippen LogP contribution in [0, 0.1) is 0 Å². The second kappa shape index (κ2) is 4.74. The fourth-order valence-electron chi connectivity index (χ4n) is 3.00. The third kappa shape index (κ3) is 2.09. The highest BCUT2D eigenvalue weighted by atomic mass is 15.3. The van der Waals surface area contributed by atoms with Gasteiger partial charge in [-0.25, -0.2) is 0 Å². The summed E-state index contributed by atoms with van der Waals surface area (Å²) in [5.41, 5.74) is 9.40. The molecule has 0 saturated heterocycles. The molecule has 104 valence electrons. The van der Waals surface area contributed by atoms with Crippen molar-refractivity contribution in [1.82, 2.24) is 10.2 Å². The number of anilines is 2. The molecule has 1 aliphatic heterocycles. The van der Waals surface area contributed by atoms with E-state index in [4.69, 9.17) is 5.73 Å². The molecule has 0 radical (unpaired) electrons. The maximum absolute atomic E-state index is 5.91. The Labute approximate surface area is 123 Å². The summed E-state index contributed by atoms with van der Waals surface area (Å²) in [6, 6.07) is 14.4. The van der Waals surface area contributed by atoms with Crippen LogP contribution in [0.1, 0.15) is 11.1 Å². The summed E-state index contributed by atoms with van der Waals surface area (Å²) in [7, 11) is 0. The molecule has 4 rings (SSSR count). The van der Waals surface area contributed by atoms with Gasteiger partial charge in [0.25, 0.3) is 0 Å². The SMILES string of the molecule is Nc1ccc2c(c1)CN(c1nncc3ccccc13)CC2. The molecule has 0 fully saturated rings. The van der Waals surface area contributed by atoms with Crippen LogP contribution in [-0.4, -0.2) is 16.7 Å². The predicted octanol–water partition coefficient (Wildman–Crippen LogP) is 2.77. The number of aromatic nitrogens is 2. The highest BCUT2D eigenvalue weighted by Gasteiger charge is 2.19. The van der Waals surface area contributed by atoms with Crippen LogP contribution in [0.25, 0.3) is 10.8 Å². The van der Waals surface area contributed by atoms with Gasteiger partial charge in [-0.3, -0.25) is 0 Å². The van der Waals surface area contributed by atoms with E-state index in [2.05, 4.69) is 39.4 Å². The van der Waals surface area contributed by atoms with E-state index in [1.54, 1.807) is 0 Å². The van der Waals surface area contributed by atoms with E-state index in [1.807, 2.05) is 24.4 Å². The molecule has 0 spiro atoms. The molecule has 0 atom stereocenters. The van der Waals surface area contributed by atoms with E-state index in [9.17, 15) is 0 Å². The normalized spacial score (nSPS) is 14.2. The summed E-state index contributed by atoms with van der Waals surface area (Å²) < 4.78 is 0. The Balaban J connectivity index is 1.77. The average molecular weight is 276 g/mol. The van der Waals surface area contributed by atoms with Crippen molar-refractivity contribution in [2.24, 2.45) is 0 Å². The Bertz CT molecular complexity index is 807. The minimum Gasteiger partial charge on any atom is -0.399 e. The Morgan fingerprint density at radius 2 is 1.95 bits per heavy atom. The van der Waals surface area contributed by atoms with Crippen LogP contribution in [0.3, 0.4) is 0 Å². The van der Waals surface area contributed by atoms with Crippen LogP contribution in [0.4, 0.5) is 11.5 Å². The van der Waals surface area contributed by atoms with Gasteiger partial charge in [-0.05, 0) is 29.7 Å². The number of nitrogens with zero attached hydrogens (tertiary/aromatic N) is 3. The van der Waals surface area contributed by atoms with Gasteiger partial charge in [0.15, 0.2) is 5.82 Å². The van der Waals surface area contributed by atoms with Crippen LogP contribution < -0.4 is 10.6 Å². The lowest BCUT2D eigenvalue weighted by Gasteiger charge is -2.30. The smallest absolute Gasteiger partial charge is 0.159 e. The zero-order valence-corrected chi connectivity index (χ0v) is 11.7. The zero-order chi connectivity index (χ0) is 14.2. The Morgan fingerprint density at radius 1 is 1.05 bits per heavy atom. The number of nitrogen functional groups attached to an aromatic ring is 1. The van der Waals surface area contributed by atoms with Crippen LogP contribution in [-0.2, 0) is 13.0 Å². The molecule has 0 bridgehead atoms. The second-order valence-electron chi connectivity index (χ2n) is 5.46. The molecule has 1 aliphatic rings. The molecule has 4 heteroatoms. The first-order valence-corrected chi connectivity index (χ1v) is 7.14. The molecule has 2 N–H and O–H groups in total. The summed E-state index contributed by atoms with van der Waals surface area (Å²) in [5, 5.41) is 10.8. The summed E-state index contributed by atoms with van der Waals surface area (Å²) in [4.78, 5) is 2.29. The summed E-state index contributed by atoms with van der Waals surface area (Å²) in [5.74, 6) is 0.959. The largest absolute Gasteiger partial charge is 0.399 e. The number of hydrogen-bond acceptors (Lipinski definition) is 4. The van der Waals surface area contributed by atoms with Gasteiger partial charge in [0.05, 0.1) is 6.20 Å². The van der Waals surface area contributed by atoms with Crippen LogP contribution in [0.5, 0.6) is 0 Å². The van der Waals surface area contributed by atoms with Crippen LogP contribution in [0.15, 0.2) is 48.7 Å². The second-order valence-corrected chi connectivity index (χ2v) is 5.46. The lowest BCUT2D eigenvalue weighted by atomic mass is 9.99. The van der Waals surface area contributed by atoms with Crippen molar-refractivity contribution in [3.8, 4) is 0 Å². The zero-order valence-electron chi connectivity index (χ0n) is 11.7. The fourth-order valence-corrected chi connectivity index (χ4v) is 3.00. The van der Waals surface area contributed by atoms with Crippen molar-refractivity contribution in [1.29, 1.82) is 0 Å². The van der Waals surface area contributed by atoms with Gasteiger partial charge in [0, 0.05) is 29.5 Å². The Hall–Kier alpha value is -2.62. The Morgan fingerprint density at radius 3 is 2.90 bits per heavy atom. The standard InChI is InChI=1S/C17H16N4/c18-15-6-5-12-7-8-21(11-14(12)9-15)17-16-4-2-1-3-13(16)10-19-20-17/h1-6,9-10H,7-8,11,18H2. The van der Waals surface area contributed by atoms with E-state index >= 15 is 0 Å². The molecule has 0 saturated carbocycles. The van der Waals surface area contributed by atoms with Crippen molar-refractivity contribution in [2.45, 2.75) is 13.0 Å². The number of benzene rings is 2. The van der Waals surface area contributed by atoms with Gasteiger partial charge in [-0.1, -0.05) is 30.3 Å². The molecule has 1 aromatic heterocycles. The number of nitrogens with two attached hydrogens (primary N) is 1. The maximum atomic E-state index is 5.91. The molecule has 0 aliphatic carbocycles. The first-order chi connectivity index (χ1) is 10.3.